The predicted molar refractivity (Wildman–Crippen MR) is 48.4 cm³/mol. The first kappa shape index (κ1) is 9.38. The Labute approximate surface area is 75.8 Å². The van der Waals surface area contributed by atoms with Crippen molar-refractivity contribution in [1.29, 1.82) is 0 Å². The normalized spacial score (nSPS) is 11.6. The molecule has 4 heteroatoms. The molecule has 1 rings (SSSR count). The van der Waals surface area contributed by atoms with E-state index < -0.39 is 0 Å². The summed E-state index contributed by atoms with van der Waals surface area (Å²) >= 11 is 0. The number of oxime groups is 1. The molecular weight excluding hydrogens is 170 g/mol. The lowest BCUT2D eigenvalue weighted by molar-refractivity contribution is 0.318. The van der Waals surface area contributed by atoms with E-state index in [2.05, 4.69) is 5.16 Å². The van der Waals surface area contributed by atoms with Crippen LogP contribution in [0.15, 0.2) is 23.4 Å². The molecule has 70 valence electrons. The zero-order valence-corrected chi connectivity index (χ0v) is 7.23. The number of hydrogen-bond donors (Lipinski definition) is 3. The van der Waals surface area contributed by atoms with E-state index in [1.807, 2.05) is 0 Å². The van der Waals surface area contributed by atoms with Gasteiger partial charge in [0.25, 0.3) is 0 Å². The number of benzene rings is 1. The van der Waals surface area contributed by atoms with Gasteiger partial charge >= 0.3 is 0 Å². The van der Waals surface area contributed by atoms with Crippen LogP contribution in [-0.2, 0) is 0 Å². The molecule has 0 aliphatic rings. The number of hydrogen-bond acceptors (Lipinski definition) is 4. The lowest BCUT2D eigenvalue weighted by Crippen LogP contribution is -1.98. The monoisotopic (exact) mass is 181 g/mol. The Bertz CT molecular complexity index is 334. The molecule has 0 radical (unpaired) electrons. The minimum absolute atomic E-state index is 0.00699. The van der Waals surface area contributed by atoms with Gasteiger partial charge in [-0.3, -0.25) is 0 Å². The van der Waals surface area contributed by atoms with E-state index >= 15 is 0 Å². The van der Waals surface area contributed by atoms with Gasteiger partial charge in [-0.1, -0.05) is 12.1 Å². The average molecular weight is 181 g/mol. The molecule has 0 atom stereocenters. The summed E-state index contributed by atoms with van der Waals surface area (Å²) in [6.07, 6.45) is 0.480. The van der Waals surface area contributed by atoms with Crippen molar-refractivity contribution in [2.24, 2.45) is 5.16 Å². The van der Waals surface area contributed by atoms with Gasteiger partial charge in [-0.25, -0.2) is 0 Å². The van der Waals surface area contributed by atoms with Crippen LogP contribution in [0.3, 0.4) is 0 Å². The molecule has 1 aromatic carbocycles. The van der Waals surface area contributed by atoms with Crippen molar-refractivity contribution in [2.45, 2.75) is 13.3 Å². The van der Waals surface area contributed by atoms with Crippen LogP contribution in [0.2, 0.25) is 0 Å². The van der Waals surface area contributed by atoms with Crippen LogP contribution in [0.25, 0.3) is 0 Å². The molecular formula is C9H11NO3. The molecule has 4 nitrogen and oxygen atoms in total. The number of phenols is 2. The van der Waals surface area contributed by atoms with E-state index in [0.717, 1.165) is 0 Å². The Morgan fingerprint density at radius 3 is 2.62 bits per heavy atom. The van der Waals surface area contributed by atoms with Gasteiger partial charge in [0.05, 0.1) is 5.71 Å². The second-order valence-corrected chi connectivity index (χ2v) is 2.60. The van der Waals surface area contributed by atoms with Crippen LogP contribution in [0.4, 0.5) is 0 Å². The van der Waals surface area contributed by atoms with E-state index in [1.165, 1.54) is 18.2 Å². The van der Waals surface area contributed by atoms with Crippen molar-refractivity contribution in [3.8, 4) is 11.5 Å². The third-order valence-corrected chi connectivity index (χ3v) is 1.75. The molecule has 0 spiro atoms. The average Bonchev–Trinajstić information content (AvgIpc) is 2.13. The predicted octanol–water partition coefficient (Wildman–Crippen LogP) is 1.69. The Kier molecular flexibility index (Phi) is 2.74. The molecule has 1 aromatic rings. The third-order valence-electron chi connectivity index (χ3n) is 1.75. The van der Waals surface area contributed by atoms with E-state index in [4.69, 9.17) is 10.3 Å². The maximum Gasteiger partial charge on any atom is 0.125 e. The smallest absolute Gasteiger partial charge is 0.125 e. The molecule has 0 aliphatic heterocycles. The van der Waals surface area contributed by atoms with Gasteiger partial charge < -0.3 is 15.4 Å². The second-order valence-electron chi connectivity index (χ2n) is 2.60. The Morgan fingerprint density at radius 2 is 2.08 bits per heavy atom. The molecule has 0 aliphatic carbocycles. The summed E-state index contributed by atoms with van der Waals surface area (Å²) in [5.41, 5.74) is 0.693. The van der Waals surface area contributed by atoms with E-state index in [-0.39, 0.29) is 11.5 Å². The fraction of sp³-hybridized carbons (Fsp3) is 0.222. The van der Waals surface area contributed by atoms with Crippen molar-refractivity contribution in [3.63, 3.8) is 0 Å². The van der Waals surface area contributed by atoms with Crippen LogP contribution < -0.4 is 0 Å². The van der Waals surface area contributed by atoms with Crippen LogP contribution in [0, 0.1) is 0 Å². The summed E-state index contributed by atoms with van der Waals surface area (Å²) in [4.78, 5) is 0. The summed E-state index contributed by atoms with van der Waals surface area (Å²) in [5.74, 6) is 0.0230. The molecule has 13 heavy (non-hydrogen) atoms. The first-order chi connectivity index (χ1) is 6.19. The van der Waals surface area contributed by atoms with Gasteiger partial charge in [0.15, 0.2) is 0 Å². The standard InChI is InChI=1S/C9H11NO3/c1-2-8(10-13)7-5-6(11)3-4-9(7)12/h3-5,11-13H,2H2,1H3. The van der Waals surface area contributed by atoms with Gasteiger partial charge in [-0.05, 0) is 24.6 Å². The SMILES string of the molecule is CCC(=NO)c1cc(O)ccc1O. The largest absolute Gasteiger partial charge is 0.508 e. The van der Waals surface area contributed by atoms with Gasteiger partial charge in [-0.2, -0.15) is 0 Å². The fourth-order valence-electron chi connectivity index (χ4n) is 1.07. The van der Waals surface area contributed by atoms with E-state index in [1.54, 1.807) is 6.92 Å². The van der Waals surface area contributed by atoms with Gasteiger partial charge in [0, 0.05) is 5.56 Å². The van der Waals surface area contributed by atoms with Crippen molar-refractivity contribution >= 4 is 5.71 Å². The highest BCUT2D eigenvalue weighted by Gasteiger charge is 2.08. The lowest BCUT2D eigenvalue weighted by Gasteiger charge is -2.04. The Balaban J connectivity index is 3.19. The van der Waals surface area contributed by atoms with Crippen LogP contribution >= 0.6 is 0 Å². The molecule has 0 saturated carbocycles. The quantitative estimate of drug-likeness (QED) is 0.281. The van der Waals surface area contributed by atoms with Gasteiger partial charge in [0.1, 0.15) is 11.5 Å². The molecule has 0 fully saturated rings. The highest BCUT2D eigenvalue weighted by atomic mass is 16.4. The summed E-state index contributed by atoms with van der Waals surface area (Å²) in [6.45, 7) is 1.79. The number of aromatic hydroxyl groups is 2. The molecule has 0 heterocycles. The highest BCUT2D eigenvalue weighted by molar-refractivity contribution is 6.02. The Morgan fingerprint density at radius 1 is 1.38 bits per heavy atom. The van der Waals surface area contributed by atoms with Crippen molar-refractivity contribution in [3.05, 3.63) is 23.8 Å². The lowest BCUT2D eigenvalue weighted by atomic mass is 10.1. The molecule has 0 saturated heterocycles. The molecule has 0 amide bonds. The number of rotatable bonds is 2. The van der Waals surface area contributed by atoms with E-state index in [9.17, 15) is 5.11 Å². The maximum absolute atomic E-state index is 9.36. The van der Waals surface area contributed by atoms with E-state index in [0.29, 0.717) is 17.7 Å². The van der Waals surface area contributed by atoms with Crippen LogP contribution in [-0.4, -0.2) is 21.1 Å². The first-order valence-corrected chi connectivity index (χ1v) is 3.92. The zero-order valence-electron chi connectivity index (χ0n) is 7.23. The number of phenolic OH excluding ortho intramolecular Hbond substituents is 2. The van der Waals surface area contributed by atoms with Crippen molar-refractivity contribution < 1.29 is 15.4 Å². The van der Waals surface area contributed by atoms with Crippen molar-refractivity contribution in [2.75, 3.05) is 0 Å². The summed E-state index contributed by atoms with van der Waals surface area (Å²) in [7, 11) is 0. The summed E-state index contributed by atoms with van der Waals surface area (Å²) < 4.78 is 0. The first-order valence-electron chi connectivity index (χ1n) is 3.92. The Hall–Kier alpha value is -1.71. The molecule has 3 N–H and O–H groups in total. The third kappa shape index (κ3) is 1.90. The van der Waals surface area contributed by atoms with Crippen LogP contribution in [0.1, 0.15) is 18.9 Å². The molecule has 0 unspecified atom stereocenters. The number of nitrogens with zero attached hydrogens (tertiary/aromatic N) is 1. The van der Waals surface area contributed by atoms with Gasteiger partial charge in [0.2, 0.25) is 0 Å². The maximum atomic E-state index is 9.36. The van der Waals surface area contributed by atoms with Crippen molar-refractivity contribution in [1.82, 2.24) is 0 Å². The summed E-state index contributed by atoms with van der Waals surface area (Å²) in [6, 6.07) is 4.07. The topological polar surface area (TPSA) is 73.1 Å². The molecule has 0 aromatic heterocycles. The highest BCUT2D eigenvalue weighted by Crippen LogP contribution is 2.23. The minimum atomic E-state index is -0.00699. The zero-order chi connectivity index (χ0) is 9.84. The minimum Gasteiger partial charge on any atom is -0.508 e. The second kappa shape index (κ2) is 3.80. The fourth-order valence-corrected chi connectivity index (χ4v) is 1.07. The van der Waals surface area contributed by atoms with Crippen LogP contribution in [0.5, 0.6) is 11.5 Å². The molecule has 0 bridgehead atoms. The summed E-state index contributed by atoms with van der Waals surface area (Å²) in [5, 5.41) is 30.1. The van der Waals surface area contributed by atoms with Gasteiger partial charge in [-0.15, -0.1) is 0 Å².